The van der Waals surface area contributed by atoms with Crippen LogP contribution in [0.1, 0.15) is 31.0 Å². The van der Waals surface area contributed by atoms with Crippen LogP contribution in [0.3, 0.4) is 0 Å². The minimum Gasteiger partial charge on any atom is -0.378 e. The van der Waals surface area contributed by atoms with Crippen LogP contribution in [-0.4, -0.2) is 10.7 Å². The number of fused-ring (bicyclic) bond motifs is 5. The van der Waals surface area contributed by atoms with Crippen molar-refractivity contribution in [2.24, 2.45) is 5.92 Å². The third-order valence-corrected chi connectivity index (χ3v) is 6.84. The summed E-state index contributed by atoms with van der Waals surface area (Å²) in [6.07, 6.45) is 0. The quantitative estimate of drug-likeness (QED) is 0.596. The summed E-state index contributed by atoms with van der Waals surface area (Å²) in [4.78, 5) is 4.93. The van der Waals surface area contributed by atoms with Crippen molar-refractivity contribution >= 4 is 28.4 Å². The van der Waals surface area contributed by atoms with Crippen LogP contribution in [0.2, 0.25) is 0 Å². The van der Waals surface area contributed by atoms with Gasteiger partial charge < -0.3 is 5.32 Å². The predicted molar refractivity (Wildman–Crippen MR) is 102 cm³/mol. The van der Waals surface area contributed by atoms with Crippen LogP contribution in [0.5, 0.6) is 0 Å². The molecule has 2 nitrogen and oxygen atoms in total. The average Bonchev–Trinajstić information content (AvgIpc) is 2.60. The molecular weight excluding hydrogens is 312 g/mol. The van der Waals surface area contributed by atoms with Crippen LogP contribution in [0.25, 0.3) is 10.9 Å². The van der Waals surface area contributed by atoms with Crippen LogP contribution < -0.4 is 5.32 Å². The van der Waals surface area contributed by atoms with Gasteiger partial charge in [0.2, 0.25) is 0 Å². The fourth-order valence-electron chi connectivity index (χ4n) is 4.28. The molecule has 3 aromatic rings. The van der Waals surface area contributed by atoms with E-state index < -0.39 is 0 Å². The van der Waals surface area contributed by atoms with Crippen LogP contribution in [0, 0.1) is 5.92 Å². The standard InChI is InChI=1S/C21H20N2S/c1-21(2)15-8-4-6-10-18(15)22-19-14-11-13-7-3-5-9-17(13)23-20(14)24-12-16(19)21/h3-11,16,19,22H,12H2,1-2H3/t16-,19+/m1/s1. The van der Waals surface area contributed by atoms with E-state index >= 15 is 0 Å². The van der Waals surface area contributed by atoms with E-state index in [1.807, 2.05) is 11.8 Å². The molecule has 0 radical (unpaired) electrons. The van der Waals surface area contributed by atoms with E-state index in [1.165, 1.54) is 27.2 Å². The smallest absolute Gasteiger partial charge is 0.102 e. The van der Waals surface area contributed by atoms with Crippen molar-refractivity contribution < 1.29 is 0 Å². The summed E-state index contributed by atoms with van der Waals surface area (Å²) in [7, 11) is 0. The second-order valence-electron chi connectivity index (χ2n) is 7.38. The summed E-state index contributed by atoms with van der Waals surface area (Å²) < 4.78 is 0. The van der Waals surface area contributed by atoms with E-state index in [0.29, 0.717) is 12.0 Å². The Labute approximate surface area is 146 Å². The number of anilines is 1. The number of aromatic nitrogens is 1. The normalized spacial score (nSPS) is 23.8. The Balaban J connectivity index is 1.70. The minimum absolute atomic E-state index is 0.156. The van der Waals surface area contributed by atoms with Crippen molar-refractivity contribution in [1.29, 1.82) is 0 Å². The van der Waals surface area contributed by atoms with E-state index in [1.54, 1.807) is 0 Å². The highest BCUT2D eigenvalue weighted by molar-refractivity contribution is 7.99. The number of benzene rings is 2. The van der Waals surface area contributed by atoms with Gasteiger partial charge in [0.15, 0.2) is 0 Å². The van der Waals surface area contributed by atoms with Crippen LogP contribution in [0.15, 0.2) is 59.6 Å². The van der Waals surface area contributed by atoms with Crippen molar-refractivity contribution in [1.82, 2.24) is 4.98 Å². The van der Waals surface area contributed by atoms with Gasteiger partial charge in [-0.3, -0.25) is 0 Å². The van der Waals surface area contributed by atoms with Crippen LogP contribution in [0.4, 0.5) is 5.69 Å². The predicted octanol–water partition coefficient (Wildman–Crippen LogP) is 5.40. The Hall–Kier alpha value is -2.00. The second-order valence-corrected chi connectivity index (χ2v) is 8.39. The lowest BCUT2D eigenvalue weighted by atomic mass is 9.66. The Morgan fingerprint density at radius 1 is 1.08 bits per heavy atom. The Morgan fingerprint density at radius 2 is 1.88 bits per heavy atom. The van der Waals surface area contributed by atoms with Crippen molar-refractivity contribution in [3.63, 3.8) is 0 Å². The van der Waals surface area contributed by atoms with Gasteiger partial charge in [-0.25, -0.2) is 4.98 Å². The Morgan fingerprint density at radius 3 is 2.79 bits per heavy atom. The molecule has 1 aromatic heterocycles. The second kappa shape index (κ2) is 5.00. The summed E-state index contributed by atoms with van der Waals surface area (Å²) in [5.74, 6) is 1.67. The average molecular weight is 332 g/mol. The summed E-state index contributed by atoms with van der Waals surface area (Å²) in [6, 6.07) is 19.9. The van der Waals surface area contributed by atoms with Gasteiger partial charge in [-0.05, 0) is 29.2 Å². The monoisotopic (exact) mass is 332 g/mol. The lowest BCUT2D eigenvalue weighted by Gasteiger charge is -2.48. The van der Waals surface area contributed by atoms with Gasteiger partial charge in [-0.2, -0.15) is 0 Å². The van der Waals surface area contributed by atoms with Crippen molar-refractivity contribution in [2.75, 3.05) is 11.1 Å². The highest BCUT2D eigenvalue weighted by Gasteiger charge is 2.45. The SMILES string of the molecule is CC1(C)c2ccccc2N[C@H]2c3cc4ccccc4nc3SC[C@H]21. The van der Waals surface area contributed by atoms with Gasteiger partial charge in [0.1, 0.15) is 5.03 Å². The van der Waals surface area contributed by atoms with Crippen molar-refractivity contribution in [3.8, 4) is 0 Å². The highest BCUT2D eigenvalue weighted by atomic mass is 32.2. The third kappa shape index (κ3) is 1.94. The lowest BCUT2D eigenvalue weighted by Crippen LogP contribution is -2.44. The fourth-order valence-corrected chi connectivity index (χ4v) is 5.74. The van der Waals surface area contributed by atoms with E-state index in [-0.39, 0.29) is 5.41 Å². The van der Waals surface area contributed by atoms with Gasteiger partial charge in [0.25, 0.3) is 0 Å². The zero-order valence-corrected chi connectivity index (χ0v) is 14.7. The molecule has 0 saturated heterocycles. The van der Waals surface area contributed by atoms with E-state index in [4.69, 9.17) is 4.98 Å². The molecule has 0 fully saturated rings. The van der Waals surface area contributed by atoms with Crippen molar-refractivity contribution in [2.45, 2.75) is 30.3 Å². The molecule has 3 heterocycles. The first-order chi connectivity index (χ1) is 11.6. The molecule has 0 amide bonds. The van der Waals surface area contributed by atoms with Gasteiger partial charge in [-0.1, -0.05) is 50.2 Å². The first-order valence-corrected chi connectivity index (χ1v) is 9.52. The molecule has 3 heteroatoms. The van der Waals surface area contributed by atoms with Gasteiger partial charge >= 0.3 is 0 Å². The van der Waals surface area contributed by atoms with Gasteiger partial charge in [0, 0.05) is 28.3 Å². The maximum atomic E-state index is 4.93. The molecule has 0 aliphatic carbocycles. The van der Waals surface area contributed by atoms with Crippen molar-refractivity contribution in [3.05, 3.63) is 65.7 Å². The zero-order valence-electron chi connectivity index (χ0n) is 13.9. The fraction of sp³-hybridized carbons (Fsp3) is 0.286. The topological polar surface area (TPSA) is 24.9 Å². The molecule has 0 spiro atoms. The summed E-state index contributed by atoms with van der Waals surface area (Å²) in [5.41, 5.74) is 5.32. The van der Waals surface area contributed by atoms with Crippen LogP contribution in [-0.2, 0) is 5.41 Å². The van der Waals surface area contributed by atoms with E-state index in [2.05, 4.69) is 73.8 Å². The van der Waals surface area contributed by atoms with Gasteiger partial charge in [0.05, 0.1) is 11.6 Å². The number of para-hydroxylation sites is 2. The summed E-state index contributed by atoms with van der Waals surface area (Å²) in [6.45, 7) is 4.79. The number of nitrogens with zero attached hydrogens (tertiary/aromatic N) is 1. The molecule has 0 bridgehead atoms. The first-order valence-electron chi connectivity index (χ1n) is 8.53. The number of nitrogens with one attached hydrogen (secondary N) is 1. The summed E-state index contributed by atoms with van der Waals surface area (Å²) in [5, 5.41) is 6.25. The number of hydrogen-bond donors (Lipinski definition) is 1. The Kier molecular flexibility index (Phi) is 2.99. The maximum Gasteiger partial charge on any atom is 0.102 e. The summed E-state index contributed by atoms with van der Waals surface area (Å²) >= 11 is 1.92. The number of thioether (sulfide) groups is 1. The largest absolute Gasteiger partial charge is 0.378 e. The zero-order chi connectivity index (χ0) is 16.3. The van der Waals surface area contributed by atoms with E-state index in [9.17, 15) is 0 Å². The molecule has 0 saturated carbocycles. The molecular formula is C21H20N2S. The number of hydrogen-bond acceptors (Lipinski definition) is 3. The maximum absolute atomic E-state index is 4.93. The minimum atomic E-state index is 0.156. The Bertz CT molecular complexity index is 947. The third-order valence-electron chi connectivity index (χ3n) is 5.71. The van der Waals surface area contributed by atoms with Gasteiger partial charge in [-0.15, -0.1) is 11.8 Å². The molecule has 2 atom stereocenters. The molecule has 1 N–H and O–H groups in total. The highest BCUT2D eigenvalue weighted by Crippen LogP contribution is 2.53. The lowest BCUT2D eigenvalue weighted by molar-refractivity contribution is 0.292. The van der Waals surface area contributed by atoms with Crippen LogP contribution >= 0.6 is 11.8 Å². The van der Waals surface area contributed by atoms with E-state index in [0.717, 1.165) is 11.3 Å². The molecule has 2 aliphatic rings. The molecule has 24 heavy (non-hydrogen) atoms. The number of pyridine rings is 1. The molecule has 2 aromatic carbocycles. The molecule has 5 rings (SSSR count). The number of rotatable bonds is 0. The molecule has 2 aliphatic heterocycles. The molecule has 0 unspecified atom stereocenters. The molecule has 120 valence electrons. The first kappa shape index (κ1) is 14.4.